The van der Waals surface area contributed by atoms with Gasteiger partial charge in [-0.05, 0) is 51.7 Å². The van der Waals surface area contributed by atoms with E-state index >= 15 is 0 Å². The highest BCUT2D eigenvalue weighted by molar-refractivity contribution is 5.99. The Balaban J connectivity index is 1.47. The summed E-state index contributed by atoms with van der Waals surface area (Å²) >= 11 is 0. The van der Waals surface area contributed by atoms with Gasteiger partial charge in [-0.15, -0.1) is 0 Å². The molecule has 0 bridgehead atoms. The van der Waals surface area contributed by atoms with Crippen molar-refractivity contribution in [3.05, 3.63) is 58.7 Å². The number of carbonyl (C=O) groups is 2. The lowest BCUT2D eigenvalue weighted by Crippen LogP contribution is -2.36. The molecule has 0 N–H and O–H groups in total. The maximum Gasteiger partial charge on any atom is 0.317 e. The molecule has 2 heterocycles. The van der Waals surface area contributed by atoms with E-state index < -0.39 is 17.2 Å². The van der Waals surface area contributed by atoms with Crippen LogP contribution in [0.15, 0.2) is 30.3 Å². The number of halogens is 1. The summed E-state index contributed by atoms with van der Waals surface area (Å²) in [6.45, 7) is 5.06. The Morgan fingerprint density at radius 2 is 1.94 bits per heavy atom. The summed E-state index contributed by atoms with van der Waals surface area (Å²) in [4.78, 5) is 26.0. The molecule has 1 aromatic carbocycles. The van der Waals surface area contributed by atoms with Crippen molar-refractivity contribution in [2.45, 2.75) is 70.4 Å². The zero-order valence-electron chi connectivity index (χ0n) is 18.3. The molecule has 0 radical (unpaired) electrons. The molecule has 166 valence electrons. The van der Waals surface area contributed by atoms with Gasteiger partial charge in [0.2, 0.25) is 5.78 Å². The highest BCUT2D eigenvalue weighted by atomic mass is 19.1. The van der Waals surface area contributed by atoms with Crippen LogP contribution in [0.4, 0.5) is 4.39 Å². The Morgan fingerprint density at radius 3 is 2.61 bits per heavy atom. The predicted molar refractivity (Wildman–Crippen MR) is 115 cm³/mol. The maximum atomic E-state index is 14.5. The van der Waals surface area contributed by atoms with Gasteiger partial charge in [-0.2, -0.15) is 0 Å². The van der Waals surface area contributed by atoms with Crippen LogP contribution in [0.1, 0.15) is 65.8 Å². The summed E-state index contributed by atoms with van der Waals surface area (Å²) < 4.78 is 27.8. The Bertz CT molecular complexity index is 968. The number of hydrogen-bond acceptors (Lipinski definition) is 4. The fourth-order valence-electron chi connectivity index (χ4n) is 5.11. The van der Waals surface area contributed by atoms with Gasteiger partial charge < -0.3 is 14.0 Å². The number of carbonyl (C=O) groups excluding carboxylic acids is 2. The highest BCUT2D eigenvalue weighted by Gasteiger charge is 2.46. The Morgan fingerprint density at radius 1 is 1.19 bits per heavy atom. The van der Waals surface area contributed by atoms with Gasteiger partial charge in [0.15, 0.2) is 6.61 Å². The lowest BCUT2D eigenvalue weighted by Gasteiger charge is -2.27. The fraction of sp³-hybridized carbons (Fsp3) is 0.520. The van der Waals surface area contributed by atoms with Gasteiger partial charge in [-0.25, -0.2) is 4.39 Å². The van der Waals surface area contributed by atoms with Crippen molar-refractivity contribution in [2.75, 3.05) is 13.2 Å². The molecule has 5 nitrogen and oxygen atoms in total. The Hall–Kier alpha value is -2.47. The second-order valence-corrected chi connectivity index (χ2v) is 8.80. The summed E-state index contributed by atoms with van der Waals surface area (Å²) in [5, 5.41) is 0. The van der Waals surface area contributed by atoms with Crippen LogP contribution in [0, 0.1) is 19.7 Å². The van der Waals surface area contributed by atoms with E-state index in [9.17, 15) is 14.0 Å². The average molecular weight is 428 g/mol. The topological polar surface area (TPSA) is 57.5 Å². The molecule has 1 aromatic heterocycles. The second-order valence-electron chi connectivity index (χ2n) is 8.80. The number of hydrogen-bond donors (Lipinski definition) is 0. The summed E-state index contributed by atoms with van der Waals surface area (Å²) in [6.07, 6.45) is 5.01. The normalized spacial score (nSPS) is 20.2. The minimum atomic E-state index is -0.998. The smallest absolute Gasteiger partial charge is 0.317 e. The van der Waals surface area contributed by atoms with Crippen LogP contribution in [0.2, 0.25) is 0 Å². The molecule has 1 atom stereocenters. The minimum Gasteiger partial charge on any atom is -0.457 e. The molecule has 1 saturated carbocycles. The SMILES string of the molecule is Cc1cc(C(=O)COC(=O)C2(c3ccccc3F)CCCC2)c(C)n1C[C@@H]1CCCO1. The molecule has 2 fully saturated rings. The van der Waals surface area contributed by atoms with Crippen molar-refractivity contribution < 1.29 is 23.5 Å². The third-order valence-corrected chi connectivity index (χ3v) is 6.86. The van der Waals surface area contributed by atoms with Crippen molar-refractivity contribution in [3.63, 3.8) is 0 Å². The van der Waals surface area contributed by atoms with Gasteiger partial charge in [0.05, 0.1) is 11.5 Å². The molecule has 2 aromatic rings. The van der Waals surface area contributed by atoms with E-state index in [2.05, 4.69) is 4.57 Å². The summed E-state index contributed by atoms with van der Waals surface area (Å²) in [7, 11) is 0. The molecule has 0 amide bonds. The fourth-order valence-corrected chi connectivity index (χ4v) is 5.11. The van der Waals surface area contributed by atoms with Gasteiger partial charge in [0, 0.05) is 35.7 Å². The van der Waals surface area contributed by atoms with E-state index in [1.807, 2.05) is 19.9 Å². The van der Waals surface area contributed by atoms with Crippen molar-refractivity contribution in [1.29, 1.82) is 0 Å². The number of rotatable bonds is 7. The number of ketones is 1. The molecule has 1 aliphatic carbocycles. The monoisotopic (exact) mass is 427 g/mol. The van der Waals surface area contributed by atoms with Gasteiger partial charge in [0.25, 0.3) is 0 Å². The van der Waals surface area contributed by atoms with Crippen molar-refractivity contribution in [2.24, 2.45) is 0 Å². The standard InChI is InChI=1S/C25H30FNO4/c1-17-14-20(18(2)27(17)15-19-8-7-13-30-19)23(28)16-31-24(29)25(11-5-6-12-25)21-9-3-4-10-22(21)26/h3-4,9-10,14,19H,5-8,11-13,15-16H2,1-2H3/t19-/m0/s1. The third-order valence-electron chi connectivity index (χ3n) is 6.86. The van der Waals surface area contributed by atoms with E-state index in [-0.39, 0.29) is 18.5 Å². The first-order valence-electron chi connectivity index (χ1n) is 11.2. The Kier molecular flexibility index (Phi) is 6.28. The lowest BCUT2D eigenvalue weighted by atomic mass is 9.78. The van der Waals surface area contributed by atoms with E-state index in [1.54, 1.807) is 18.2 Å². The molecule has 1 aliphatic heterocycles. The lowest BCUT2D eigenvalue weighted by molar-refractivity contribution is -0.149. The average Bonchev–Trinajstić information content (AvgIpc) is 3.50. The molecule has 1 saturated heterocycles. The van der Waals surface area contributed by atoms with Gasteiger partial charge in [0.1, 0.15) is 5.82 Å². The van der Waals surface area contributed by atoms with E-state index in [4.69, 9.17) is 9.47 Å². The predicted octanol–water partition coefficient (Wildman–Crippen LogP) is 4.66. The quantitative estimate of drug-likeness (QED) is 0.476. The van der Waals surface area contributed by atoms with Crippen LogP contribution >= 0.6 is 0 Å². The number of nitrogens with zero attached hydrogens (tertiary/aromatic N) is 1. The number of Topliss-reactive ketones (excluding diaryl/α,β-unsaturated/α-hetero) is 1. The number of ether oxygens (including phenoxy) is 2. The van der Waals surface area contributed by atoms with Crippen LogP contribution in [0.5, 0.6) is 0 Å². The minimum absolute atomic E-state index is 0.175. The van der Waals surface area contributed by atoms with E-state index in [0.717, 1.165) is 50.2 Å². The first-order valence-corrected chi connectivity index (χ1v) is 11.2. The molecular formula is C25H30FNO4. The third kappa shape index (κ3) is 4.18. The summed E-state index contributed by atoms with van der Waals surface area (Å²) in [6, 6.07) is 8.23. The molecule has 0 unspecified atom stereocenters. The molecule has 4 rings (SSSR count). The molecule has 6 heteroatoms. The zero-order chi connectivity index (χ0) is 22.0. The summed E-state index contributed by atoms with van der Waals surface area (Å²) in [5.41, 5.74) is 1.79. The van der Waals surface area contributed by atoms with Crippen LogP contribution in [0.25, 0.3) is 0 Å². The molecule has 0 spiro atoms. The molecular weight excluding hydrogens is 397 g/mol. The number of esters is 1. The van der Waals surface area contributed by atoms with Crippen LogP contribution < -0.4 is 0 Å². The number of benzene rings is 1. The zero-order valence-corrected chi connectivity index (χ0v) is 18.3. The van der Waals surface area contributed by atoms with E-state index in [1.165, 1.54) is 6.07 Å². The van der Waals surface area contributed by atoms with Gasteiger partial charge >= 0.3 is 5.97 Å². The first kappa shape index (κ1) is 21.8. The highest BCUT2D eigenvalue weighted by Crippen LogP contribution is 2.43. The molecule has 31 heavy (non-hydrogen) atoms. The Labute approximate surface area is 182 Å². The molecule has 2 aliphatic rings. The first-order chi connectivity index (χ1) is 14.9. The summed E-state index contributed by atoms with van der Waals surface area (Å²) in [5.74, 6) is -1.14. The van der Waals surface area contributed by atoms with Crippen LogP contribution in [-0.2, 0) is 26.2 Å². The van der Waals surface area contributed by atoms with Gasteiger partial charge in [-0.1, -0.05) is 31.0 Å². The van der Waals surface area contributed by atoms with Crippen molar-refractivity contribution in [1.82, 2.24) is 4.57 Å². The van der Waals surface area contributed by atoms with Crippen LogP contribution in [0.3, 0.4) is 0 Å². The van der Waals surface area contributed by atoms with Crippen molar-refractivity contribution in [3.8, 4) is 0 Å². The number of aryl methyl sites for hydroxylation is 1. The van der Waals surface area contributed by atoms with E-state index in [0.29, 0.717) is 24.0 Å². The van der Waals surface area contributed by atoms with Crippen LogP contribution in [-0.4, -0.2) is 35.6 Å². The largest absolute Gasteiger partial charge is 0.457 e. The number of aromatic nitrogens is 1. The second kappa shape index (κ2) is 8.95. The van der Waals surface area contributed by atoms with Gasteiger partial charge in [-0.3, -0.25) is 9.59 Å². The maximum absolute atomic E-state index is 14.5. The van der Waals surface area contributed by atoms with Crippen molar-refractivity contribution >= 4 is 11.8 Å².